The standard InChI is InChI=1S/C15H22N2O/c1-11(2)12-4-3-5-13(8-12)18-10-15(6-7-15)9-14(16)17/h3-5,8,11H,6-7,9-10H2,1-2H3,(H3,16,17). The first kappa shape index (κ1) is 12.9. The number of ether oxygens (including phenoxy) is 1. The van der Waals surface area contributed by atoms with Gasteiger partial charge in [-0.05, 0) is 36.5 Å². The van der Waals surface area contributed by atoms with Crippen LogP contribution < -0.4 is 10.5 Å². The minimum atomic E-state index is 0.139. The van der Waals surface area contributed by atoms with Crippen molar-refractivity contribution in [3.8, 4) is 5.75 Å². The Morgan fingerprint density at radius 2 is 2.17 bits per heavy atom. The van der Waals surface area contributed by atoms with Crippen LogP contribution in [-0.2, 0) is 0 Å². The average Bonchev–Trinajstić information content (AvgIpc) is 3.06. The number of hydrogen-bond acceptors (Lipinski definition) is 2. The zero-order chi connectivity index (χ0) is 13.2. The maximum absolute atomic E-state index is 7.39. The summed E-state index contributed by atoms with van der Waals surface area (Å²) in [5.41, 5.74) is 6.91. The lowest BCUT2D eigenvalue weighted by Gasteiger charge is -2.16. The predicted octanol–water partition coefficient (Wildman–Crippen LogP) is 3.30. The van der Waals surface area contributed by atoms with Crippen LogP contribution in [0.1, 0.15) is 44.6 Å². The van der Waals surface area contributed by atoms with Crippen LogP contribution in [0.4, 0.5) is 0 Å². The first-order valence-corrected chi connectivity index (χ1v) is 6.56. The fourth-order valence-electron chi connectivity index (χ4n) is 2.15. The highest BCUT2D eigenvalue weighted by Gasteiger charge is 2.43. The first-order valence-electron chi connectivity index (χ1n) is 6.56. The number of benzene rings is 1. The third-order valence-corrected chi connectivity index (χ3v) is 3.59. The summed E-state index contributed by atoms with van der Waals surface area (Å²) in [5.74, 6) is 1.71. The zero-order valence-electron chi connectivity index (χ0n) is 11.2. The van der Waals surface area contributed by atoms with Gasteiger partial charge in [0.05, 0.1) is 12.4 Å². The van der Waals surface area contributed by atoms with Crippen molar-refractivity contribution in [2.24, 2.45) is 11.1 Å². The van der Waals surface area contributed by atoms with E-state index in [1.807, 2.05) is 12.1 Å². The van der Waals surface area contributed by atoms with Crippen molar-refractivity contribution in [3.05, 3.63) is 29.8 Å². The monoisotopic (exact) mass is 246 g/mol. The molecule has 0 amide bonds. The Morgan fingerprint density at radius 3 is 2.72 bits per heavy atom. The summed E-state index contributed by atoms with van der Waals surface area (Å²) >= 11 is 0. The Balaban J connectivity index is 1.94. The van der Waals surface area contributed by atoms with E-state index in [2.05, 4.69) is 26.0 Å². The van der Waals surface area contributed by atoms with Gasteiger partial charge in [-0.25, -0.2) is 0 Å². The van der Waals surface area contributed by atoms with Crippen LogP contribution in [0.25, 0.3) is 0 Å². The van der Waals surface area contributed by atoms with Crippen molar-refractivity contribution >= 4 is 5.84 Å². The molecule has 1 aromatic rings. The molecule has 98 valence electrons. The van der Waals surface area contributed by atoms with Crippen molar-refractivity contribution in [2.45, 2.75) is 39.0 Å². The van der Waals surface area contributed by atoms with Gasteiger partial charge in [0.25, 0.3) is 0 Å². The maximum atomic E-state index is 7.39. The molecule has 0 radical (unpaired) electrons. The van der Waals surface area contributed by atoms with Gasteiger partial charge in [0.2, 0.25) is 0 Å². The number of nitrogens with two attached hydrogens (primary N) is 1. The first-order chi connectivity index (χ1) is 8.51. The van der Waals surface area contributed by atoms with Crippen molar-refractivity contribution in [1.29, 1.82) is 5.41 Å². The average molecular weight is 246 g/mol. The van der Waals surface area contributed by atoms with Crippen molar-refractivity contribution in [2.75, 3.05) is 6.61 Å². The lowest BCUT2D eigenvalue weighted by atomic mass is 10.0. The highest BCUT2D eigenvalue weighted by Crippen LogP contribution is 2.48. The lowest BCUT2D eigenvalue weighted by Crippen LogP contribution is -2.21. The Morgan fingerprint density at radius 1 is 1.44 bits per heavy atom. The molecule has 0 saturated heterocycles. The Kier molecular flexibility index (Phi) is 3.60. The van der Waals surface area contributed by atoms with E-state index in [1.54, 1.807) is 0 Å². The molecular weight excluding hydrogens is 224 g/mol. The Hall–Kier alpha value is -1.51. The number of hydrogen-bond donors (Lipinski definition) is 2. The smallest absolute Gasteiger partial charge is 0.119 e. The SMILES string of the molecule is CC(C)c1cccc(OCC2(CC(=N)N)CC2)c1. The highest BCUT2D eigenvalue weighted by atomic mass is 16.5. The molecule has 3 N–H and O–H groups in total. The molecule has 0 unspecified atom stereocenters. The topological polar surface area (TPSA) is 59.1 Å². The fraction of sp³-hybridized carbons (Fsp3) is 0.533. The van der Waals surface area contributed by atoms with Gasteiger partial charge >= 0.3 is 0 Å². The fourth-order valence-corrected chi connectivity index (χ4v) is 2.15. The van der Waals surface area contributed by atoms with Gasteiger partial charge in [-0.2, -0.15) is 0 Å². The van der Waals surface area contributed by atoms with Gasteiger partial charge in [-0.3, -0.25) is 5.41 Å². The molecule has 1 aliphatic carbocycles. The molecular formula is C15H22N2O. The largest absolute Gasteiger partial charge is 0.493 e. The van der Waals surface area contributed by atoms with Gasteiger partial charge in [0, 0.05) is 11.8 Å². The van der Waals surface area contributed by atoms with E-state index in [0.29, 0.717) is 18.9 Å². The van der Waals surface area contributed by atoms with Gasteiger partial charge in [0.1, 0.15) is 5.75 Å². The number of rotatable bonds is 6. The van der Waals surface area contributed by atoms with Crippen molar-refractivity contribution < 1.29 is 4.74 Å². The van der Waals surface area contributed by atoms with Gasteiger partial charge < -0.3 is 10.5 Å². The number of amidine groups is 1. The summed E-state index contributed by atoms with van der Waals surface area (Å²) in [4.78, 5) is 0. The summed E-state index contributed by atoms with van der Waals surface area (Å²) in [7, 11) is 0. The van der Waals surface area contributed by atoms with Crippen molar-refractivity contribution in [1.82, 2.24) is 0 Å². The minimum absolute atomic E-state index is 0.139. The molecule has 2 rings (SSSR count). The van der Waals surface area contributed by atoms with E-state index in [1.165, 1.54) is 5.56 Å². The molecule has 0 aliphatic heterocycles. The van der Waals surface area contributed by atoms with Crippen LogP contribution in [0.2, 0.25) is 0 Å². The predicted molar refractivity (Wildman–Crippen MR) is 74.2 cm³/mol. The molecule has 0 bridgehead atoms. The quantitative estimate of drug-likeness (QED) is 0.597. The van der Waals surface area contributed by atoms with Gasteiger partial charge in [0.15, 0.2) is 0 Å². The Bertz CT molecular complexity index is 436. The summed E-state index contributed by atoms with van der Waals surface area (Å²) in [6.45, 7) is 5.03. The molecule has 18 heavy (non-hydrogen) atoms. The summed E-state index contributed by atoms with van der Waals surface area (Å²) < 4.78 is 5.87. The maximum Gasteiger partial charge on any atom is 0.119 e. The summed E-state index contributed by atoms with van der Waals surface area (Å²) in [5, 5.41) is 7.39. The lowest BCUT2D eigenvalue weighted by molar-refractivity contribution is 0.238. The molecule has 0 heterocycles. The zero-order valence-corrected chi connectivity index (χ0v) is 11.2. The highest BCUT2D eigenvalue weighted by molar-refractivity contribution is 5.78. The van der Waals surface area contributed by atoms with Crippen LogP contribution in [0.3, 0.4) is 0 Å². The summed E-state index contributed by atoms with van der Waals surface area (Å²) in [6, 6.07) is 8.26. The Labute approximate surface area is 109 Å². The van der Waals surface area contributed by atoms with E-state index in [9.17, 15) is 0 Å². The van der Waals surface area contributed by atoms with Crippen LogP contribution >= 0.6 is 0 Å². The van der Waals surface area contributed by atoms with Crippen LogP contribution in [0, 0.1) is 10.8 Å². The minimum Gasteiger partial charge on any atom is -0.493 e. The molecule has 3 heteroatoms. The molecule has 0 atom stereocenters. The molecule has 3 nitrogen and oxygen atoms in total. The van der Waals surface area contributed by atoms with E-state index >= 15 is 0 Å². The molecule has 1 saturated carbocycles. The molecule has 1 aromatic carbocycles. The van der Waals surface area contributed by atoms with Crippen LogP contribution in [0.5, 0.6) is 5.75 Å². The third kappa shape index (κ3) is 3.25. The molecule has 0 spiro atoms. The van der Waals surface area contributed by atoms with E-state index in [4.69, 9.17) is 15.9 Å². The van der Waals surface area contributed by atoms with Crippen LogP contribution in [0.15, 0.2) is 24.3 Å². The van der Waals surface area contributed by atoms with Crippen molar-refractivity contribution in [3.63, 3.8) is 0 Å². The van der Waals surface area contributed by atoms with Gasteiger partial charge in [-0.1, -0.05) is 26.0 Å². The third-order valence-electron chi connectivity index (χ3n) is 3.59. The summed E-state index contributed by atoms with van der Waals surface area (Å²) in [6.07, 6.45) is 2.91. The van der Waals surface area contributed by atoms with E-state index < -0.39 is 0 Å². The van der Waals surface area contributed by atoms with Gasteiger partial charge in [-0.15, -0.1) is 0 Å². The second kappa shape index (κ2) is 5.01. The van der Waals surface area contributed by atoms with Crippen LogP contribution in [-0.4, -0.2) is 12.4 Å². The number of nitrogens with one attached hydrogen (secondary N) is 1. The molecule has 1 aliphatic rings. The van der Waals surface area contributed by atoms with E-state index in [-0.39, 0.29) is 11.3 Å². The molecule has 1 fully saturated rings. The molecule has 0 aromatic heterocycles. The normalized spacial score (nSPS) is 16.6. The van der Waals surface area contributed by atoms with E-state index in [0.717, 1.165) is 18.6 Å². The second-order valence-electron chi connectivity index (χ2n) is 5.72. The second-order valence-corrected chi connectivity index (χ2v) is 5.72.